The number of rotatable bonds is 6. The van der Waals surface area contributed by atoms with Crippen LogP contribution in [0.25, 0.3) is 0 Å². The third kappa shape index (κ3) is 3.73. The molecule has 0 aromatic carbocycles. The molecule has 1 aromatic rings. The number of aromatic nitrogens is 2. The van der Waals surface area contributed by atoms with E-state index in [9.17, 15) is 9.59 Å². The van der Waals surface area contributed by atoms with Gasteiger partial charge in [0.25, 0.3) is 5.22 Å². The third-order valence-electron chi connectivity index (χ3n) is 2.13. The summed E-state index contributed by atoms with van der Waals surface area (Å²) in [5.74, 6) is -0.722. The summed E-state index contributed by atoms with van der Waals surface area (Å²) >= 11 is 1.09. The van der Waals surface area contributed by atoms with Crippen molar-refractivity contribution in [1.82, 2.24) is 15.5 Å². The van der Waals surface area contributed by atoms with Crippen molar-refractivity contribution in [2.75, 3.05) is 12.4 Å². The van der Waals surface area contributed by atoms with Gasteiger partial charge in [0.05, 0.1) is 12.4 Å². The molecule has 1 N–H and O–H groups in total. The number of carbonyl (C=O) groups excluding carboxylic acids is 2. The van der Waals surface area contributed by atoms with Crippen molar-refractivity contribution in [2.45, 2.75) is 31.0 Å². The summed E-state index contributed by atoms with van der Waals surface area (Å²) in [6.45, 7) is 1.93. The Morgan fingerprint density at radius 3 is 2.94 bits per heavy atom. The van der Waals surface area contributed by atoms with Gasteiger partial charge in [-0.15, -0.1) is 5.10 Å². The molecule has 1 amide bonds. The monoisotopic (exact) mass is 271 g/mol. The van der Waals surface area contributed by atoms with E-state index in [0.29, 0.717) is 6.04 Å². The second-order valence-electron chi connectivity index (χ2n) is 3.72. The summed E-state index contributed by atoms with van der Waals surface area (Å²) in [5, 5.41) is 10.2. The molecule has 18 heavy (non-hydrogen) atoms. The Hall–Kier alpha value is -1.57. The SMILES string of the molecule is CCOC(=O)c1nnc(SCC(=O)NC2CC2)o1. The van der Waals surface area contributed by atoms with Gasteiger partial charge in [0.15, 0.2) is 0 Å². The summed E-state index contributed by atoms with van der Waals surface area (Å²) in [6, 6.07) is 0.330. The van der Waals surface area contributed by atoms with Crippen molar-refractivity contribution < 1.29 is 18.7 Å². The van der Waals surface area contributed by atoms with Crippen LogP contribution in [0.4, 0.5) is 0 Å². The van der Waals surface area contributed by atoms with E-state index < -0.39 is 5.97 Å². The van der Waals surface area contributed by atoms with Crippen LogP contribution in [0.2, 0.25) is 0 Å². The summed E-state index contributed by atoms with van der Waals surface area (Å²) in [4.78, 5) is 22.6. The van der Waals surface area contributed by atoms with E-state index in [0.717, 1.165) is 24.6 Å². The number of esters is 1. The third-order valence-corrected chi connectivity index (χ3v) is 2.94. The van der Waals surface area contributed by atoms with E-state index in [1.807, 2.05) is 0 Å². The van der Waals surface area contributed by atoms with Crippen LogP contribution in [0.1, 0.15) is 30.5 Å². The first-order chi connectivity index (χ1) is 8.69. The molecule has 1 saturated carbocycles. The molecular formula is C10H13N3O4S. The average Bonchev–Trinajstić information content (AvgIpc) is 3.02. The first-order valence-electron chi connectivity index (χ1n) is 5.62. The number of amides is 1. The van der Waals surface area contributed by atoms with E-state index in [2.05, 4.69) is 15.5 Å². The molecule has 0 atom stereocenters. The number of carbonyl (C=O) groups is 2. The fourth-order valence-corrected chi connectivity index (χ4v) is 1.74. The predicted molar refractivity (Wildman–Crippen MR) is 62.1 cm³/mol. The molecule has 0 saturated heterocycles. The van der Waals surface area contributed by atoms with E-state index >= 15 is 0 Å². The Balaban J connectivity index is 1.78. The minimum atomic E-state index is -0.653. The molecule has 1 aliphatic carbocycles. The molecule has 1 aromatic heterocycles. The fraction of sp³-hybridized carbons (Fsp3) is 0.600. The van der Waals surface area contributed by atoms with E-state index in [1.54, 1.807) is 6.92 Å². The van der Waals surface area contributed by atoms with Gasteiger partial charge in [0.1, 0.15) is 0 Å². The number of hydrogen-bond donors (Lipinski definition) is 1. The van der Waals surface area contributed by atoms with Crippen molar-refractivity contribution in [3.63, 3.8) is 0 Å². The highest BCUT2D eigenvalue weighted by Crippen LogP contribution is 2.20. The Bertz CT molecular complexity index is 444. The molecule has 0 spiro atoms. The number of thioether (sulfide) groups is 1. The summed E-state index contributed by atoms with van der Waals surface area (Å²) < 4.78 is 9.76. The molecule has 2 rings (SSSR count). The molecular weight excluding hydrogens is 258 g/mol. The summed E-state index contributed by atoms with van der Waals surface area (Å²) in [5.41, 5.74) is 0. The molecule has 98 valence electrons. The molecule has 1 aliphatic rings. The Labute approximate surface area is 108 Å². The van der Waals surface area contributed by atoms with Gasteiger partial charge in [-0.1, -0.05) is 16.9 Å². The number of nitrogens with zero attached hydrogens (tertiary/aromatic N) is 2. The minimum Gasteiger partial charge on any atom is -0.459 e. The molecule has 0 radical (unpaired) electrons. The molecule has 0 bridgehead atoms. The van der Waals surface area contributed by atoms with Gasteiger partial charge in [-0.25, -0.2) is 4.79 Å². The smallest absolute Gasteiger partial charge is 0.396 e. The topological polar surface area (TPSA) is 94.3 Å². The zero-order valence-corrected chi connectivity index (χ0v) is 10.7. The van der Waals surface area contributed by atoms with Gasteiger partial charge in [0.2, 0.25) is 5.91 Å². The van der Waals surface area contributed by atoms with Gasteiger partial charge in [-0.2, -0.15) is 0 Å². The van der Waals surface area contributed by atoms with Crippen LogP contribution in [0.15, 0.2) is 9.64 Å². The van der Waals surface area contributed by atoms with Gasteiger partial charge in [-0.05, 0) is 19.8 Å². The van der Waals surface area contributed by atoms with Gasteiger partial charge < -0.3 is 14.5 Å². The van der Waals surface area contributed by atoms with E-state index in [1.165, 1.54) is 0 Å². The fourth-order valence-electron chi connectivity index (χ4n) is 1.17. The normalized spacial score (nSPS) is 14.3. The first-order valence-corrected chi connectivity index (χ1v) is 6.60. The highest BCUT2D eigenvalue weighted by Gasteiger charge is 2.23. The maximum absolute atomic E-state index is 11.4. The van der Waals surface area contributed by atoms with Crippen LogP contribution in [-0.4, -0.2) is 40.5 Å². The van der Waals surface area contributed by atoms with Crippen LogP contribution in [0.5, 0.6) is 0 Å². The number of hydrogen-bond acceptors (Lipinski definition) is 7. The minimum absolute atomic E-state index is 0.0709. The molecule has 1 heterocycles. The average molecular weight is 271 g/mol. The maximum atomic E-state index is 11.4. The second kappa shape index (κ2) is 5.85. The number of nitrogens with one attached hydrogen (secondary N) is 1. The second-order valence-corrected chi connectivity index (χ2v) is 4.65. The number of ether oxygens (including phenoxy) is 1. The molecule has 1 fully saturated rings. The zero-order valence-electron chi connectivity index (χ0n) is 9.84. The Morgan fingerprint density at radius 1 is 1.50 bits per heavy atom. The predicted octanol–water partition coefficient (Wildman–Crippen LogP) is 0.617. The van der Waals surface area contributed by atoms with Crippen LogP contribution >= 0.6 is 11.8 Å². The van der Waals surface area contributed by atoms with Gasteiger partial charge in [-0.3, -0.25) is 4.79 Å². The van der Waals surface area contributed by atoms with Crippen LogP contribution in [0, 0.1) is 0 Å². The largest absolute Gasteiger partial charge is 0.459 e. The van der Waals surface area contributed by atoms with Crippen molar-refractivity contribution >= 4 is 23.6 Å². The van der Waals surface area contributed by atoms with Gasteiger partial charge in [0, 0.05) is 6.04 Å². The quantitative estimate of drug-likeness (QED) is 0.598. The lowest BCUT2D eigenvalue weighted by atomic mass is 10.6. The van der Waals surface area contributed by atoms with E-state index in [4.69, 9.17) is 9.15 Å². The standard InChI is InChI=1S/C10H13N3O4S/c1-2-16-9(15)8-12-13-10(17-8)18-5-7(14)11-6-3-4-6/h6H,2-5H2,1H3,(H,11,14). The van der Waals surface area contributed by atoms with Crippen LogP contribution < -0.4 is 5.32 Å². The highest BCUT2D eigenvalue weighted by molar-refractivity contribution is 7.99. The Morgan fingerprint density at radius 2 is 2.28 bits per heavy atom. The molecule has 0 unspecified atom stereocenters. The molecule has 0 aliphatic heterocycles. The van der Waals surface area contributed by atoms with Crippen molar-refractivity contribution in [2.24, 2.45) is 0 Å². The maximum Gasteiger partial charge on any atom is 0.396 e. The summed E-state index contributed by atoms with van der Waals surface area (Å²) in [7, 11) is 0. The van der Waals surface area contributed by atoms with Crippen LogP contribution in [0.3, 0.4) is 0 Å². The van der Waals surface area contributed by atoms with Crippen LogP contribution in [-0.2, 0) is 9.53 Å². The lowest BCUT2D eigenvalue weighted by Crippen LogP contribution is -2.26. The molecule has 8 heteroatoms. The first kappa shape index (κ1) is 12.9. The lowest BCUT2D eigenvalue weighted by molar-refractivity contribution is -0.118. The van der Waals surface area contributed by atoms with E-state index in [-0.39, 0.29) is 29.4 Å². The summed E-state index contributed by atoms with van der Waals surface area (Å²) in [6.07, 6.45) is 2.09. The highest BCUT2D eigenvalue weighted by atomic mass is 32.2. The Kier molecular flexibility index (Phi) is 4.19. The molecule has 7 nitrogen and oxygen atoms in total. The lowest BCUT2D eigenvalue weighted by Gasteiger charge is -1.99. The van der Waals surface area contributed by atoms with Crippen molar-refractivity contribution in [1.29, 1.82) is 0 Å². The zero-order chi connectivity index (χ0) is 13.0. The van der Waals surface area contributed by atoms with Gasteiger partial charge >= 0.3 is 11.9 Å². The van der Waals surface area contributed by atoms with Crippen molar-refractivity contribution in [3.8, 4) is 0 Å². The van der Waals surface area contributed by atoms with Crippen molar-refractivity contribution in [3.05, 3.63) is 5.89 Å².